The molecule has 5 nitrogen and oxygen atoms in total. The maximum atomic E-state index is 12.5. The van der Waals surface area contributed by atoms with Crippen LogP contribution in [-0.2, 0) is 11.2 Å². The van der Waals surface area contributed by atoms with Gasteiger partial charge in [0.05, 0.1) is 11.6 Å². The molecule has 2 aromatic carbocycles. The number of rotatable bonds is 6. The predicted molar refractivity (Wildman–Crippen MR) is 125 cm³/mol. The number of nitrogens with zero attached hydrogens (tertiary/aromatic N) is 2. The van der Waals surface area contributed by atoms with Crippen LogP contribution in [0.3, 0.4) is 0 Å². The van der Waals surface area contributed by atoms with Gasteiger partial charge in [-0.25, -0.2) is 4.98 Å². The Hall–Kier alpha value is -3.73. The number of hydrogen-bond acceptors (Lipinski definition) is 4. The van der Waals surface area contributed by atoms with Gasteiger partial charge in [0.15, 0.2) is 0 Å². The van der Waals surface area contributed by atoms with E-state index < -0.39 is 0 Å². The van der Waals surface area contributed by atoms with Crippen LogP contribution in [0.2, 0.25) is 0 Å². The number of anilines is 1. The van der Waals surface area contributed by atoms with Crippen molar-refractivity contribution in [3.05, 3.63) is 89.7 Å². The maximum Gasteiger partial charge on any atom is 0.220 e. The molecule has 31 heavy (non-hydrogen) atoms. The van der Waals surface area contributed by atoms with Crippen LogP contribution in [0.4, 0.5) is 5.82 Å². The third kappa shape index (κ3) is 4.72. The molecular formula is C26H26N4O. The minimum Gasteiger partial charge on any atom is -0.383 e. The second kappa shape index (κ2) is 8.96. The van der Waals surface area contributed by atoms with Gasteiger partial charge in [-0.15, -0.1) is 0 Å². The number of nitrogens with two attached hydrogens (primary N) is 1. The summed E-state index contributed by atoms with van der Waals surface area (Å²) < 4.78 is 0. The van der Waals surface area contributed by atoms with E-state index in [1.807, 2.05) is 37.3 Å². The van der Waals surface area contributed by atoms with Crippen LogP contribution in [0.25, 0.3) is 22.0 Å². The van der Waals surface area contributed by atoms with Crippen LogP contribution in [0.15, 0.2) is 73.1 Å². The lowest BCUT2D eigenvalue weighted by atomic mass is 9.98. The number of carbonyl (C=O) groups is 1. The summed E-state index contributed by atoms with van der Waals surface area (Å²) in [5.74, 6) is 0.453. The van der Waals surface area contributed by atoms with E-state index in [1.165, 1.54) is 11.1 Å². The summed E-state index contributed by atoms with van der Waals surface area (Å²) in [6.45, 7) is 4.06. The topological polar surface area (TPSA) is 80.9 Å². The smallest absolute Gasteiger partial charge is 0.220 e. The highest BCUT2D eigenvalue weighted by Crippen LogP contribution is 2.28. The molecule has 2 aromatic heterocycles. The summed E-state index contributed by atoms with van der Waals surface area (Å²) in [6, 6.07) is 20.3. The van der Waals surface area contributed by atoms with E-state index in [0.717, 1.165) is 27.6 Å². The normalized spacial score (nSPS) is 11.9. The van der Waals surface area contributed by atoms with E-state index in [2.05, 4.69) is 52.5 Å². The molecule has 0 spiro atoms. The van der Waals surface area contributed by atoms with Gasteiger partial charge >= 0.3 is 0 Å². The number of carbonyl (C=O) groups excluding carboxylic acids is 1. The highest BCUT2D eigenvalue weighted by Gasteiger charge is 2.12. The summed E-state index contributed by atoms with van der Waals surface area (Å²) in [7, 11) is 0. The van der Waals surface area contributed by atoms with Crippen molar-refractivity contribution in [2.75, 3.05) is 5.73 Å². The lowest BCUT2D eigenvalue weighted by Gasteiger charge is -2.14. The number of aromatic nitrogens is 2. The molecule has 0 aliphatic carbocycles. The van der Waals surface area contributed by atoms with Gasteiger partial charge in [-0.2, -0.15) is 0 Å². The van der Waals surface area contributed by atoms with Crippen LogP contribution < -0.4 is 11.1 Å². The number of nitrogen functional groups attached to an aromatic ring is 1. The Kier molecular flexibility index (Phi) is 5.94. The van der Waals surface area contributed by atoms with Crippen LogP contribution in [0.1, 0.15) is 36.1 Å². The van der Waals surface area contributed by atoms with Gasteiger partial charge in [-0.3, -0.25) is 9.78 Å². The minimum atomic E-state index is -0.0926. The average molecular weight is 411 g/mol. The molecular weight excluding hydrogens is 384 g/mol. The van der Waals surface area contributed by atoms with Gasteiger partial charge in [-0.1, -0.05) is 36.4 Å². The fourth-order valence-corrected chi connectivity index (χ4v) is 3.78. The zero-order chi connectivity index (χ0) is 21.8. The van der Waals surface area contributed by atoms with Crippen molar-refractivity contribution >= 4 is 22.6 Å². The number of aryl methyl sites for hydroxylation is 2. The van der Waals surface area contributed by atoms with E-state index >= 15 is 0 Å². The van der Waals surface area contributed by atoms with E-state index in [-0.39, 0.29) is 11.9 Å². The van der Waals surface area contributed by atoms with Gasteiger partial charge < -0.3 is 11.1 Å². The Labute approximate surface area is 182 Å². The molecule has 1 amide bonds. The number of hydrogen-bond donors (Lipinski definition) is 2. The first-order valence-corrected chi connectivity index (χ1v) is 10.5. The quantitative estimate of drug-likeness (QED) is 0.469. The molecule has 2 heterocycles. The van der Waals surface area contributed by atoms with Crippen LogP contribution in [0, 0.1) is 6.92 Å². The van der Waals surface area contributed by atoms with Crippen molar-refractivity contribution < 1.29 is 4.79 Å². The zero-order valence-corrected chi connectivity index (χ0v) is 17.8. The molecule has 0 bridgehead atoms. The molecule has 4 aromatic rings. The fourth-order valence-electron chi connectivity index (χ4n) is 3.78. The van der Waals surface area contributed by atoms with Gasteiger partial charge in [-0.05, 0) is 72.4 Å². The highest BCUT2D eigenvalue weighted by molar-refractivity contribution is 5.87. The van der Waals surface area contributed by atoms with Crippen LogP contribution in [0.5, 0.6) is 0 Å². The predicted octanol–water partition coefficient (Wildman–Crippen LogP) is 5.00. The Morgan fingerprint density at radius 1 is 1.10 bits per heavy atom. The molecule has 156 valence electrons. The molecule has 0 saturated heterocycles. The van der Waals surface area contributed by atoms with Crippen molar-refractivity contribution in [3.8, 4) is 11.1 Å². The summed E-state index contributed by atoms with van der Waals surface area (Å²) >= 11 is 0. The van der Waals surface area contributed by atoms with E-state index in [9.17, 15) is 4.79 Å². The average Bonchev–Trinajstić information content (AvgIpc) is 2.78. The second-order valence-corrected chi connectivity index (χ2v) is 7.83. The molecule has 0 aliphatic heterocycles. The number of amides is 1. The molecule has 0 radical (unpaired) electrons. The fraction of sp³-hybridized carbons (Fsp3) is 0.192. The molecule has 3 N–H and O–H groups in total. The zero-order valence-electron chi connectivity index (χ0n) is 17.8. The molecule has 4 rings (SSSR count). The second-order valence-electron chi connectivity index (χ2n) is 7.83. The van der Waals surface area contributed by atoms with Crippen molar-refractivity contribution in [2.24, 2.45) is 0 Å². The molecule has 0 fully saturated rings. The molecule has 0 aliphatic rings. The first kappa shape index (κ1) is 20.5. The third-order valence-corrected chi connectivity index (χ3v) is 5.57. The van der Waals surface area contributed by atoms with Crippen molar-refractivity contribution in [1.29, 1.82) is 0 Å². The third-order valence-electron chi connectivity index (χ3n) is 5.57. The Bertz CT molecular complexity index is 1220. The number of nitrogens with one attached hydrogen (secondary N) is 1. The maximum absolute atomic E-state index is 12.5. The van der Waals surface area contributed by atoms with Gasteiger partial charge in [0.25, 0.3) is 0 Å². The lowest BCUT2D eigenvalue weighted by molar-refractivity contribution is -0.121. The molecule has 0 saturated carbocycles. The number of pyridine rings is 2. The summed E-state index contributed by atoms with van der Waals surface area (Å²) in [6.07, 6.45) is 4.37. The Morgan fingerprint density at radius 2 is 1.94 bits per heavy atom. The van der Waals surface area contributed by atoms with Crippen molar-refractivity contribution in [2.45, 2.75) is 32.7 Å². The lowest BCUT2D eigenvalue weighted by Crippen LogP contribution is -2.27. The molecule has 5 heteroatoms. The van der Waals surface area contributed by atoms with E-state index in [0.29, 0.717) is 18.7 Å². The summed E-state index contributed by atoms with van der Waals surface area (Å²) in [5.41, 5.74) is 12.5. The summed E-state index contributed by atoms with van der Waals surface area (Å²) in [4.78, 5) is 21.1. The van der Waals surface area contributed by atoms with Gasteiger partial charge in [0.2, 0.25) is 5.91 Å². The standard InChI is InChI=1S/C26H26N4O/c1-17-6-3-4-8-23(17)19-9-11-24-22(14-19)15-20(26(27)30-24)10-12-25(31)29-18(2)21-7-5-13-28-16-21/h3-9,11,13-16,18H,10,12H2,1-2H3,(H2,27,30)(H,29,31)/t18-/m1/s1. The first-order chi connectivity index (χ1) is 15.0. The molecule has 1 atom stereocenters. The SMILES string of the molecule is Cc1ccccc1-c1ccc2nc(N)c(CCC(=O)N[C@H](C)c3cccnc3)cc2c1. The van der Waals surface area contributed by atoms with Gasteiger partial charge in [0, 0.05) is 24.2 Å². The van der Waals surface area contributed by atoms with Crippen LogP contribution >= 0.6 is 0 Å². The first-order valence-electron chi connectivity index (χ1n) is 10.5. The monoisotopic (exact) mass is 410 g/mol. The Balaban J connectivity index is 1.50. The van der Waals surface area contributed by atoms with Crippen molar-refractivity contribution in [3.63, 3.8) is 0 Å². The Morgan fingerprint density at radius 3 is 2.71 bits per heavy atom. The largest absolute Gasteiger partial charge is 0.383 e. The minimum absolute atomic E-state index is 0.0236. The van der Waals surface area contributed by atoms with Crippen molar-refractivity contribution in [1.82, 2.24) is 15.3 Å². The number of benzene rings is 2. The summed E-state index contributed by atoms with van der Waals surface area (Å²) in [5, 5.41) is 4.04. The molecule has 0 unspecified atom stereocenters. The van der Waals surface area contributed by atoms with Crippen LogP contribution in [-0.4, -0.2) is 15.9 Å². The highest BCUT2D eigenvalue weighted by atomic mass is 16.1. The van der Waals surface area contributed by atoms with E-state index in [4.69, 9.17) is 5.73 Å². The number of fused-ring (bicyclic) bond motifs is 1. The van der Waals surface area contributed by atoms with Gasteiger partial charge in [0.1, 0.15) is 5.82 Å². The van der Waals surface area contributed by atoms with E-state index in [1.54, 1.807) is 12.4 Å².